The topological polar surface area (TPSA) is 76.2 Å². The summed E-state index contributed by atoms with van der Waals surface area (Å²) >= 11 is 0. The highest BCUT2D eigenvalue weighted by Gasteiger charge is 2.13. The largest absolute Gasteiger partial charge is 0.481 e. The number of hydrogen-bond donors (Lipinski definition) is 1. The van der Waals surface area contributed by atoms with Gasteiger partial charge in [-0.2, -0.15) is 0 Å². The molecular weight excluding hydrogens is 220 g/mol. The van der Waals surface area contributed by atoms with Crippen LogP contribution in [0.15, 0.2) is 22.8 Å². The molecule has 88 valence electrons. The van der Waals surface area contributed by atoms with E-state index in [0.717, 1.165) is 0 Å². The van der Waals surface area contributed by atoms with Crippen LogP contribution in [0, 0.1) is 13.8 Å². The van der Waals surface area contributed by atoms with Crippen LogP contribution < -0.4 is 0 Å². The van der Waals surface area contributed by atoms with E-state index in [1.807, 2.05) is 0 Å². The molecule has 17 heavy (non-hydrogen) atoms. The van der Waals surface area contributed by atoms with Gasteiger partial charge in [-0.3, -0.25) is 4.79 Å². The Morgan fingerprint density at radius 3 is 2.47 bits per heavy atom. The van der Waals surface area contributed by atoms with Crippen molar-refractivity contribution in [3.63, 3.8) is 0 Å². The second kappa shape index (κ2) is 4.37. The minimum atomic E-state index is -0.884. The fourth-order valence-electron chi connectivity index (χ4n) is 1.66. The van der Waals surface area contributed by atoms with Crippen molar-refractivity contribution in [3.05, 3.63) is 35.3 Å². The molecule has 0 radical (unpaired) electrons. The first-order valence-corrected chi connectivity index (χ1v) is 5.17. The summed E-state index contributed by atoms with van der Waals surface area (Å²) in [5.41, 5.74) is 2.01. The van der Waals surface area contributed by atoms with Gasteiger partial charge in [-0.25, -0.2) is 9.97 Å². The van der Waals surface area contributed by atoms with Gasteiger partial charge in [0.2, 0.25) is 0 Å². The number of carboxylic acids is 1. The van der Waals surface area contributed by atoms with Gasteiger partial charge in [0.25, 0.3) is 0 Å². The summed E-state index contributed by atoms with van der Waals surface area (Å²) in [6.07, 6.45) is 1.49. The normalized spacial score (nSPS) is 10.5. The van der Waals surface area contributed by atoms with Gasteiger partial charge in [-0.05, 0) is 26.0 Å². The van der Waals surface area contributed by atoms with Gasteiger partial charge in [0.05, 0.1) is 12.7 Å². The van der Waals surface area contributed by atoms with E-state index in [-0.39, 0.29) is 6.42 Å². The highest BCUT2D eigenvalue weighted by Crippen LogP contribution is 2.19. The summed E-state index contributed by atoms with van der Waals surface area (Å²) in [5.74, 6) is 0.183. The standard InChI is InChI=1S/C12H12N2O3/c1-7-9(6-11(15)16)8(2)14-12(13-7)10-4-3-5-17-10/h3-5H,6H2,1-2H3,(H,15,16). The fourth-order valence-corrected chi connectivity index (χ4v) is 1.66. The molecule has 0 aliphatic heterocycles. The molecule has 5 nitrogen and oxygen atoms in total. The molecule has 0 saturated heterocycles. The molecule has 2 rings (SSSR count). The lowest BCUT2D eigenvalue weighted by atomic mass is 10.1. The van der Waals surface area contributed by atoms with E-state index < -0.39 is 5.97 Å². The van der Waals surface area contributed by atoms with Gasteiger partial charge < -0.3 is 9.52 Å². The number of rotatable bonds is 3. The lowest BCUT2D eigenvalue weighted by Gasteiger charge is -2.07. The van der Waals surface area contributed by atoms with Crippen LogP contribution in [0.5, 0.6) is 0 Å². The van der Waals surface area contributed by atoms with Crippen molar-refractivity contribution < 1.29 is 14.3 Å². The third kappa shape index (κ3) is 2.33. The van der Waals surface area contributed by atoms with E-state index in [2.05, 4.69) is 9.97 Å². The molecule has 0 saturated carbocycles. The fraction of sp³-hybridized carbons (Fsp3) is 0.250. The minimum absolute atomic E-state index is 0.0594. The molecule has 0 fully saturated rings. The maximum atomic E-state index is 10.7. The zero-order valence-electron chi connectivity index (χ0n) is 9.60. The van der Waals surface area contributed by atoms with Crippen molar-refractivity contribution in [1.29, 1.82) is 0 Å². The number of carboxylic acid groups (broad SMARTS) is 1. The van der Waals surface area contributed by atoms with Crippen LogP contribution in [-0.4, -0.2) is 21.0 Å². The lowest BCUT2D eigenvalue weighted by molar-refractivity contribution is -0.136. The van der Waals surface area contributed by atoms with Gasteiger partial charge in [0.1, 0.15) is 0 Å². The summed E-state index contributed by atoms with van der Waals surface area (Å²) in [5, 5.41) is 8.80. The summed E-state index contributed by atoms with van der Waals surface area (Å²) in [6.45, 7) is 3.55. The van der Waals surface area contributed by atoms with Gasteiger partial charge >= 0.3 is 5.97 Å². The van der Waals surface area contributed by atoms with E-state index in [9.17, 15) is 4.79 Å². The number of carbonyl (C=O) groups is 1. The average Bonchev–Trinajstić information content (AvgIpc) is 2.76. The SMILES string of the molecule is Cc1nc(-c2ccco2)nc(C)c1CC(=O)O. The first-order valence-electron chi connectivity index (χ1n) is 5.17. The second-order valence-corrected chi connectivity index (χ2v) is 3.74. The van der Waals surface area contributed by atoms with Crippen molar-refractivity contribution in [2.45, 2.75) is 20.3 Å². The highest BCUT2D eigenvalue weighted by molar-refractivity contribution is 5.71. The maximum absolute atomic E-state index is 10.7. The number of nitrogens with zero attached hydrogens (tertiary/aromatic N) is 2. The number of hydrogen-bond acceptors (Lipinski definition) is 4. The predicted molar refractivity (Wildman–Crippen MR) is 60.5 cm³/mol. The van der Waals surface area contributed by atoms with Gasteiger partial charge in [0, 0.05) is 17.0 Å². The van der Waals surface area contributed by atoms with Crippen LogP contribution in [0.4, 0.5) is 0 Å². The number of aryl methyl sites for hydroxylation is 2. The van der Waals surface area contributed by atoms with Crippen molar-refractivity contribution in [3.8, 4) is 11.6 Å². The molecule has 0 amide bonds. The van der Waals surface area contributed by atoms with Crippen molar-refractivity contribution in [2.24, 2.45) is 0 Å². The van der Waals surface area contributed by atoms with Gasteiger partial charge in [-0.15, -0.1) is 0 Å². The molecule has 2 heterocycles. The molecule has 0 bridgehead atoms. The quantitative estimate of drug-likeness (QED) is 0.875. The van der Waals surface area contributed by atoms with E-state index in [4.69, 9.17) is 9.52 Å². The van der Waals surface area contributed by atoms with Gasteiger partial charge in [-0.1, -0.05) is 0 Å². The highest BCUT2D eigenvalue weighted by atomic mass is 16.4. The Balaban J connectivity index is 2.45. The van der Waals surface area contributed by atoms with Crippen LogP contribution in [0.25, 0.3) is 11.6 Å². The smallest absolute Gasteiger partial charge is 0.307 e. The first-order chi connectivity index (χ1) is 8.08. The maximum Gasteiger partial charge on any atom is 0.307 e. The first kappa shape index (κ1) is 11.3. The Morgan fingerprint density at radius 2 is 2.00 bits per heavy atom. The van der Waals surface area contributed by atoms with Gasteiger partial charge in [0.15, 0.2) is 11.6 Å². The lowest BCUT2D eigenvalue weighted by Crippen LogP contribution is -2.08. The summed E-state index contributed by atoms with van der Waals surface area (Å²) < 4.78 is 5.21. The van der Waals surface area contributed by atoms with Crippen molar-refractivity contribution in [1.82, 2.24) is 9.97 Å². The van der Waals surface area contributed by atoms with Crippen LogP contribution in [0.3, 0.4) is 0 Å². The van der Waals surface area contributed by atoms with Crippen molar-refractivity contribution in [2.75, 3.05) is 0 Å². The van der Waals surface area contributed by atoms with E-state index >= 15 is 0 Å². The third-order valence-electron chi connectivity index (χ3n) is 2.49. The number of aromatic nitrogens is 2. The molecule has 0 aliphatic carbocycles. The zero-order valence-corrected chi connectivity index (χ0v) is 9.60. The molecule has 0 aromatic carbocycles. The predicted octanol–water partition coefficient (Wildman–Crippen LogP) is 1.98. The minimum Gasteiger partial charge on any atom is -0.481 e. The average molecular weight is 232 g/mol. The molecule has 0 unspecified atom stereocenters. The Bertz CT molecular complexity index is 524. The molecule has 2 aromatic heterocycles. The van der Waals surface area contributed by atoms with E-state index in [0.29, 0.717) is 28.5 Å². The number of aliphatic carboxylic acids is 1. The molecule has 5 heteroatoms. The molecule has 0 spiro atoms. The van der Waals surface area contributed by atoms with E-state index in [1.165, 1.54) is 0 Å². The monoisotopic (exact) mass is 232 g/mol. The summed E-state index contributed by atoms with van der Waals surface area (Å²) in [4.78, 5) is 19.2. The molecule has 0 atom stereocenters. The number of furan rings is 1. The third-order valence-corrected chi connectivity index (χ3v) is 2.49. The zero-order chi connectivity index (χ0) is 12.4. The van der Waals surface area contributed by atoms with Crippen LogP contribution in [-0.2, 0) is 11.2 Å². The molecular formula is C12H12N2O3. The van der Waals surface area contributed by atoms with Crippen molar-refractivity contribution >= 4 is 5.97 Å². The summed E-state index contributed by atoms with van der Waals surface area (Å²) in [7, 11) is 0. The van der Waals surface area contributed by atoms with E-state index in [1.54, 1.807) is 32.2 Å². The van der Waals surface area contributed by atoms with Crippen LogP contribution in [0.1, 0.15) is 17.0 Å². The molecule has 1 N–H and O–H groups in total. The molecule has 2 aromatic rings. The second-order valence-electron chi connectivity index (χ2n) is 3.74. The molecule has 0 aliphatic rings. The Morgan fingerprint density at radius 1 is 1.35 bits per heavy atom. The summed E-state index contributed by atoms with van der Waals surface area (Å²) in [6, 6.07) is 3.53. The Hall–Kier alpha value is -2.17. The van der Waals surface area contributed by atoms with Crippen LogP contribution >= 0.6 is 0 Å². The van der Waals surface area contributed by atoms with Crippen LogP contribution in [0.2, 0.25) is 0 Å². The Kier molecular flexibility index (Phi) is 2.91. The Labute approximate surface area is 98.1 Å².